The minimum absolute atomic E-state index is 0.241. The van der Waals surface area contributed by atoms with E-state index in [1.54, 1.807) is 36.9 Å². The van der Waals surface area contributed by atoms with Crippen LogP contribution in [0.1, 0.15) is 11.1 Å². The first-order valence-electron chi connectivity index (χ1n) is 9.72. The molecule has 0 spiro atoms. The number of hydrogen-bond donors (Lipinski definition) is 1. The molecule has 2 aromatic carbocycles. The molecule has 1 amide bonds. The second kappa shape index (κ2) is 9.11. The first-order valence-corrected chi connectivity index (χ1v) is 10.6. The highest BCUT2D eigenvalue weighted by atomic mass is 32.1. The molecule has 4 aromatic rings. The van der Waals surface area contributed by atoms with E-state index >= 15 is 0 Å². The average Bonchev–Trinajstić information content (AvgIpc) is 3.37. The quantitative estimate of drug-likeness (QED) is 0.419. The van der Waals surface area contributed by atoms with Crippen LogP contribution in [0, 0.1) is 6.92 Å². The number of carbonyl (C=O) groups is 1. The molecular weight excluding hydrogens is 428 g/mol. The number of carbonyl (C=O) groups excluding carboxylic acids is 1. The minimum Gasteiger partial charge on any atom is -0.493 e. The van der Waals surface area contributed by atoms with E-state index in [4.69, 9.17) is 14.2 Å². The maximum atomic E-state index is 12.4. The average molecular weight is 451 g/mol. The van der Waals surface area contributed by atoms with Crippen LogP contribution in [0.15, 0.2) is 47.9 Å². The summed E-state index contributed by atoms with van der Waals surface area (Å²) >= 11 is 1.46. The Morgan fingerprint density at radius 3 is 2.38 bits per heavy atom. The molecule has 32 heavy (non-hydrogen) atoms. The number of amides is 1. The molecule has 0 saturated carbocycles. The van der Waals surface area contributed by atoms with Gasteiger partial charge in [0.25, 0.3) is 11.9 Å². The molecule has 0 radical (unpaired) electrons. The first-order chi connectivity index (χ1) is 15.5. The standard InChI is InChI=1S/C23H22N4O4S/c1-14-5-8-16(9-6-14)17-13-32-23-25-22(26-27(17)23)24-20(28)10-7-15-11-18(29-2)21(31-4)19(12-15)30-3/h5-13H,1-4H3,(H,24,26,28)/b10-7+. The molecule has 0 fully saturated rings. The fraction of sp³-hybridized carbons (Fsp3) is 0.174. The predicted octanol–water partition coefficient (Wildman–Crippen LogP) is 4.44. The molecule has 8 nitrogen and oxygen atoms in total. The number of methoxy groups -OCH3 is 3. The molecule has 0 aliphatic carbocycles. The molecule has 0 bridgehead atoms. The van der Waals surface area contributed by atoms with Gasteiger partial charge in [0, 0.05) is 17.0 Å². The van der Waals surface area contributed by atoms with Gasteiger partial charge < -0.3 is 14.2 Å². The maximum Gasteiger partial charge on any atom is 0.250 e. The normalized spacial score (nSPS) is 11.1. The van der Waals surface area contributed by atoms with Crippen LogP contribution < -0.4 is 19.5 Å². The van der Waals surface area contributed by atoms with E-state index in [1.807, 2.05) is 36.6 Å². The Morgan fingerprint density at radius 2 is 1.75 bits per heavy atom. The fourth-order valence-corrected chi connectivity index (χ4v) is 4.01. The van der Waals surface area contributed by atoms with Crippen LogP contribution in [0.3, 0.4) is 0 Å². The van der Waals surface area contributed by atoms with Gasteiger partial charge in [-0.05, 0) is 30.7 Å². The van der Waals surface area contributed by atoms with Gasteiger partial charge >= 0.3 is 0 Å². The predicted molar refractivity (Wildman–Crippen MR) is 125 cm³/mol. The van der Waals surface area contributed by atoms with Crippen molar-refractivity contribution in [2.75, 3.05) is 26.6 Å². The number of nitrogens with zero attached hydrogens (tertiary/aromatic N) is 3. The summed E-state index contributed by atoms with van der Waals surface area (Å²) in [5.41, 5.74) is 3.86. The Labute approximate surface area is 189 Å². The van der Waals surface area contributed by atoms with E-state index < -0.39 is 0 Å². The number of fused-ring (bicyclic) bond motifs is 1. The van der Waals surface area contributed by atoms with Crippen LogP contribution in [0.4, 0.5) is 5.95 Å². The van der Waals surface area contributed by atoms with E-state index in [-0.39, 0.29) is 11.9 Å². The first kappa shape index (κ1) is 21.4. The largest absolute Gasteiger partial charge is 0.493 e. The van der Waals surface area contributed by atoms with Crippen LogP contribution >= 0.6 is 11.3 Å². The summed E-state index contributed by atoms with van der Waals surface area (Å²) in [5, 5.41) is 9.14. The topological polar surface area (TPSA) is 87.0 Å². The number of hydrogen-bond acceptors (Lipinski definition) is 7. The molecule has 2 heterocycles. The van der Waals surface area contributed by atoms with Crippen molar-refractivity contribution in [1.82, 2.24) is 14.6 Å². The van der Waals surface area contributed by atoms with Crippen molar-refractivity contribution in [3.05, 3.63) is 59.0 Å². The monoisotopic (exact) mass is 450 g/mol. The second-order valence-electron chi connectivity index (χ2n) is 6.90. The van der Waals surface area contributed by atoms with Gasteiger partial charge in [-0.25, -0.2) is 4.52 Å². The van der Waals surface area contributed by atoms with Crippen LogP contribution in [-0.4, -0.2) is 41.8 Å². The van der Waals surface area contributed by atoms with Gasteiger partial charge in [-0.2, -0.15) is 4.98 Å². The molecule has 0 saturated heterocycles. The Balaban J connectivity index is 1.52. The summed E-state index contributed by atoms with van der Waals surface area (Å²) in [6, 6.07) is 11.7. The van der Waals surface area contributed by atoms with Gasteiger partial charge in [-0.1, -0.05) is 29.8 Å². The summed E-state index contributed by atoms with van der Waals surface area (Å²) < 4.78 is 17.7. The van der Waals surface area contributed by atoms with Crippen molar-refractivity contribution in [3.63, 3.8) is 0 Å². The zero-order chi connectivity index (χ0) is 22.7. The second-order valence-corrected chi connectivity index (χ2v) is 7.73. The Bertz CT molecular complexity index is 1270. The molecular formula is C23H22N4O4S. The van der Waals surface area contributed by atoms with Crippen molar-refractivity contribution in [2.24, 2.45) is 0 Å². The van der Waals surface area contributed by atoms with E-state index in [2.05, 4.69) is 15.4 Å². The number of aromatic nitrogens is 3. The summed E-state index contributed by atoms with van der Waals surface area (Å²) in [7, 11) is 4.62. The third kappa shape index (κ3) is 4.28. The third-order valence-corrected chi connectivity index (χ3v) is 5.59. The number of anilines is 1. The lowest BCUT2D eigenvalue weighted by molar-refractivity contribution is -0.111. The van der Waals surface area contributed by atoms with Gasteiger partial charge in [-0.15, -0.1) is 16.4 Å². The van der Waals surface area contributed by atoms with Crippen molar-refractivity contribution in [3.8, 4) is 28.5 Å². The third-order valence-electron chi connectivity index (χ3n) is 4.78. The number of rotatable bonds is 7. The zero-order valence-electron chi connectivity index (χ0n) is 18.1. The highest BCUT2D eigenvalue weighted by Crippen LogP contribution is 2.38. The maximum absolute atomic E-state index is 12.4. The van der Waals surface area contributed by atoms with Crippen LogP contribution in [-0.2, 0) is 4.79 Å². The highest BCUT2D eigenvalue weighted by molar-refractivity contribution is 7.15. The Kier molecular flexibility index (Phi) is 6.09. The number of benzene rings is 2. The molecule has 0 aliphatic rings. The summed E-state index contributed by atoms with van der Waals surface area (Å²) in [4.78, 5) is 17.5. The van der Waals surface area contributed by atoms with Gasteiger partial charge in [0.2, 0.25) is 10.7 Å². The Morgan fingerprint density at radius 1 is 1.06 bits per heavy atom. The minimum atomic E-state index is -0.353. The number of nitrogens with one attached hydrogen (secondary N) is 1. The molecule has 0 unspecified atom stereocenters. The van der Waals surface area contributed by atoms with Crippen molar-refractivity contribution in [1.29, 1.82) is 0 Å². The molecule has 0 atom stereocenters. The fourth-order valence-electron chi connectivity index (χ4n) is 3.18. The van der Waals surface area contributed by atoms with Crippen LogP contribution in [0.2, 0.25) is 0 Å². The van der Waals surface area contributed by atoms with E-state index in [0.717, 1.165) is 16.8 Å². The number of ether oxygens (including phenoxy) is 3. The van der Waals surface area contributed by atoms with Gasteiger partial charge in [0.1, 0.15) is 0 Å². The number of thiazole rings is 1. The zero-order valence-corrected chi connectivity index (χ0v) is 18.9. The van der Waals surface area contributed by atoms with Gasteiger partial charge in [0.05, 0.1) is 27.0 Å². The van der Waals surface area contributed by atoms with Crippen molar-refractivity contribution < 1.29 is 19.0 Å². The lowest BCUT2D eigenvalue weighted by Crippen LogP contribution is -2.09. The summed E-state index contributed by atoms with van der Waals surface area (Å²) in [5.74, 6) is 1.39. The highest BCUT2D eigenvalue weighted by Gasteiger charge is 2.14. The van der Waals surface area contributed by atoms with Crippen molar-refractivity contribution >= 4 is 34.2 Å². The summed E-state index contributed by atoms with van der Waals surface area (Å²) in [6.07, 6.45) is 3.05. The molecule has 2 aromatic heterocycles. The summed E-state index contributed by atoms with van der Waals surface area (Å²) in [6.45, 7) is 2.04. The number of aryl methyl sites for hydroxylation is 1. The van der Waals surface area contributed by atoms with Gasteiger partial charge in [-0.3, -0.25) is 10.1 Å². The molecule has 164 valence electrons. The van der Waals surface area contributed by atoms with Gasteiger partial charge in [0.15, 0.2) is 11.5 Å². The van der Waals surface area contributed by atoms with E-state index in [0.29, 0.717) is 22.2 Å². The lowest BCUT2D eigenvalue weighted by Gasteiger charge is -2.12. The van der Waals surface area contributed by atoms with E-state index in [1.165, 1.54) is 30.1 Å². The molecule has 4 rings (SSSR count). The molecule has 0 aliphatic heterocycles. The Hall–Kier alpha value is -3.85. The molecule has 1 N–H and O–H groups in total. The van der Waals surface area contributed by atoms with Crippen molar-refractivity contribution in [2.45, 2.75) is 6.92 Å². The lowest BCUT2D eigenvalue weighted by atomic mass is 10.1. The van der Waals surface area contributed by atoms with Crippen LogP contribution in [0.25, 0.3) is 22.3 Å². The molecule has 9 heteroatoms. The smallest absolute Gasteiger partial charge is 0.250 e. The van der Waals surface area contributed by atoms with Crippen LogP contribution in [0.5, 0.6) is 17.2 Å². The van der Waals surface area contributed by atoms with E-state index in [9.17, 15) is 4.79 Å². The SMILES string of the molecule is COc1cc(/C=C/C(=O)Nc2nc3scc(-c4ccc(C)cc4)n3n2)cc(OC)c1OC.